The molecule has 2 amide bonds. The first kappa shape index (κ1) is 18.8. The number of nitrogens with zero attached hydrogens (tertiary/aromatic N) is 1. The monoisotopic (exact) mass is 350 g/mol. The Bertz CT molecular complexity index is 610. The van der Waals surface area contributed by atoms with Gasteiger partial charge < -0.3 is 10.2 Å². The van der Waals surface area contributed by atoms with E-state index in [9.17, 15) is 9.59 Å². The molecule has 0 bridgehead atoms. The smallest absolute Gasteiger partial charge is 0.255 e. The molecule has 1 saturated carbocycles. The third-order valence-electron chi connectivity index (χ3n) is 4.11. The summed E-state index contributed by atoms with van der Waals surface area (Å²) < 4.78 is 0. The van der Waals surface area contributed by atoms with Crippen LogP contribution in [0.5, 0.6) is 0 Å². The molecule has 1 fully saturated rings. The number of hydrogen-bond acceptors (Lipinski definition) is 2. The van der Waals surface area contributed by atoms with Crippen LogP contribution < -0.4 is 5.32 Å². The minimum atomic E-state index is -0.259. The summed E-state index contributed by atoms with van der Waals surface area (Å²) in [5, 5.41) is 3.47. The van der Waals surface area contributed by atoms with Gasteiger partial charge in [0.2, 0.25) is 5.91 Å². The van der Waals surface area contributed by atoms with Crippen LogP contribution in [0.25, 0.3) is 0 Å². The molecule has 0 saturated heterocycles. The number of rotatable bonds is 6. The average Bonchev–Trinajstić information content (AvgIpc) is 3.27. The molecule has 0 radical (unpaired) electrons. The van der Waals surface area contributed by atoms with Crippen LogP contribution in [0.1, 0.15) is 57.3 Å². The summed E-state index contributed by atoms with van der Waals surface area (Å²) in [6.45, 7) is 8.64. The number of halogens is 1. The first-order valence-electron chi connectivity index (χ1n) is 8.62. The Morgan fingerprint density at radius 2 is 1.96 bits per heavy atom. The predicted molar refractivity (Wildman–Crippen MR) is 97.2 cm³/mol. The third kappa shape index (κ3) is 4.73. The average molecular weight is 351 g/mol. The fourth-order valence-electron chi connectivity index (χ4n) is 2.81. The summed E-state index contributed by atoms with van der Waals surface area (Å²) in [6.07, 6.45) is 2.64. The Labute approximate surface area is 149 Å². The van der Waals surface area contributed by atoms with E-state index in [1.54, 1.807) is 12.1 Å². The van der Waals surface area contributed by atoms with Crippen LogP contribution in [0.4, 0.5) is 0 Å². The van der Waals surface area contributed by atoms with Crippen LogP contribution in [0.15, 0.2) is 24.3 Å². The Hall–Kier alpha value is -1.55. The number of unbranched alkanes of at least 4 members (excludes halogenated alkanes) is 1. The van der Waals surface area contributed by atoms with E-state index in [-0.39, 0.29) is 29.3 Å². The van der Waals surface area contributed by atoms with Crippen molar-refractivity contribution in [2.75, 3.05) is 6.54 Å². The Morgan fingerprint density at radius 3 is 2.54 bits per heavy atom. The number of benzene rings is 1. The van der Waals surface area contributed by atoms with Crippen molar-refractivity contribution in [1.82, 2.24) is 10.2 Å². The summed E-state index contributed by atoms with van der Waals surface area (Å²) in [5.41, 5.74) is 0.253. The summed E-state index contributed by atoms with van der Waals surface area (Å²) in [7, 11) is 0. The minimum absolute atomic E-state index is 0.0253. The number of carbonyl (C=O) groups excluding carboxylic acids is 2. The summed E-state index contributed by atoms with van der Waals surface area (Å²) in [5.74, 6) is -0.168. The van der Waals surface area contributed by atoms with E-state index in [4.69, 9.17) is 11.6 Å². The van der Waals surface area contributed by atoms with Gasteiger partial charge in [-0.2, -0.15) is 0 Å². The quantitative estimate of drug-likeness (QED) is 0.846. The molecular weight excluding hydrogens is 324 g/mol. The lowest BCUT2D eigenvalue weighted by atomic mass is 10.1. The van der Waals surface area contributed by atoms with Gasteiger partial charge in [-0.25, -0.2) is 0 Å². The van der Waals surface area contributed by atoms with Gasteiger partial charge in [0.1, 0.15) is 0 Å². The molecule has 1 aliphatic rings. The van der Waals surface area contributed by atoms with Gasteiger partial charge in [0.25, 0.3) is 5.91 Å². The standard InChI is InChI=1S/C19H27ClN2O2/c1-5-6-11-22(18(24)13-9-7-8-10-15(13)20)16-12-14(16)17(23)21-19(2,3)4/h7-10,14,16H,5-6,11-12H2,1-4H3,(H,21,23)/t14-,16-/m1/s1. The molecule has 1 N–H and O–H groups in total. The van der Waals surface area contributed by atoms with Gasteiger partial charge >= 0.3 is 0 Å². The molecule has 4 nitrogen and oxygen atoms in total. The van der Waals surface area contributed by atoms with Gasteiger partial charge in [-0.05, 0) is 45.7 Å². The van der Waals surface area contributed by atoms with Crippen molar-refractivity contribution in [3.8, 4) is 0 Å². The van der Waals surface area contributed by atoms with E-state index in [0.29, 0.717) is 17.1 Å². The van der Waals surface area contributed by atoms with Crippen LogP contribution in [-0.2, 0) is 4.79 Å². The predicted octanol–water partition coefficient (Wildman–Crippen LogP) is 3.89. The number of amides is 2. The van der Waals surface area contributed by atoms with Gasteiger partial charge in [-0.15, -0.1) is 0 Å². The van der Waals surface area contributed by atoms with Crippen molar-refractivity contribution in [2.24, 2.45) is 5.92 Å². The fourth-order valence-corrected chi connectivity index (χ4v) is 3.02. The molecule has 2 atom stereocenters. The topological polar surface area (TPSA) is 49.4 Å². The van der Waals surface area contributed by atoms with Gasteiger partial charge in [-0.1, -0.05) is 37.1 Å². The molecule has 5 heteroatoms. The molecule has 1 aromatic rings. The largest absolute Gasteiger partial charge is 0.351 e. The van der Waals surface area contributed by atoms with Gasteiger partial charge in [0.05, 0.1) is 16.5 Å². The summed E-state index contributed by atoms with van der Waals surface area (Å²) >= 11 is 6.18. The van der Waals surface area contributed by atoms with Gasteiger partial charge in [0, 0.05) is 18.1 Å². The molecule has 1 aliphatic carbocycles. The van der Waals surface area contributed by atoms with Crippen molar-refractivity contribution in [2.45, 2.75) is 58.5 Å². The van der Waals surface area contributed by atoms with Crippen molar-refractivity contribution in [1.29, 1.82) is 0 Å². The summed E-state index contributed by atoms with van der Waals surface area (Å²) in [4.78, 5) is 27.1. The van der Waals surface area contributed by atoms with Crippen LogP contribution in [0, 0.1) is 5.92 Å². The van der Waals surface area contributed by atoms with E-state index in [1.807, 2.05) is 37.8 Å². The second kappa shape index (κ2) is 7.56. The fraction of sp³-hybridized carbons (Fsp3) is 0.579. The van der Waals surface area contributed by atoms with Crippen LogP contribution >= 0.6 is 11.6 Å². The van der Waals surface area contributed by atoms with Crippen molar-refractivity contribution < 1.29 is 9.59 Å². The van der Waals surface area contributed by atoms with Crippen molar-refractivity contribution in [3.63, 3.8) is 0 Å². The van der Waals surface area contributed by atoms with E-state index in [2.05, 4.69) is 12.2 Å². The number of nitrogens with one attached hydrogen (secondary N) is 1. The molecule has 24 heavy (non-hydrogen) atoms. The normalized spacial score (nSPS) is 19.7. The second-order valence-corrected chi connectivity index (χ2v) is 7.89. The van der Waals surface area contributed by atoms with Crippen molar-refractivity contribution >= 4 is 23.4 Å². The molecule has 1 aromatic carbocycles. The lowest BCUT2D eigenvalue weighted by Crippen LogP contribution is -2.43. The maximum atomic E-state index is 12.9. The Balaban J connectivity index is 2.11. The summed E-state index contributed by atoms with van der Waals surface area (Å²) in [6, 6.07) is 7.07. The zero-order chi connectivity index (χ0) is 17.9. The maximum absolute atomic E-state index is 12.9. The molecule has 0 aromatic heterocycles. The van der Waals surface area contributed by atoms with E-state index < -0.39 is 0 Å². The SMILES string of the molecule is CCCCN(C(=O)c1ccccc1Cl)[C@@H]1C[C@H]1C(=O)NC(C)(C)C. The lowest BCUT2D eigenvalue weighted by molar-refractivity contribution is -0.124. The van der Waals surface area contributed by atoms with Crippen LogP contribution in [0.2, 0.25) is 5.02 Å². The molecule has 2 rings (SSSR count). The van der Waals surface area contributed by atoms with Crippen molar-refractivity contribution in [3.05, 3.63) is 34.9 Å². The second-order valence-electron chi connectivity index (χ2n) is 7.48. The highest BCUT2D eigenvalue weighted by Crippen LogP contribution is 2.38. The maximum Gasteiger partial charge on any atom is 0.255 e. The molecule has 0 aliphatic heterocycles. The van der Waals surface area contributed by atoms with Crippen LogP contribution in [0.3, 0.4) is 0 Å². The zero-order valence-electron chi connectivity index (χ0n) is 14.9. The molecule has 132 valence electrons. The van der Waals surface area contributed by atoms with Gasteiger partial charge in [-0.3, -0.25) is 9.59 Å². The van der Waals surface area contributed by atoms with E-state index >= 15 is 0 Å². The molecule has 0 unspecified atom stereocenters. The van der Waals surface area contributed by atoms with Crippen LogP contribution in [-0.4, -0.2) is 34.8 Å². The zero-order valence-corrected chi connectivity index (χ0v) is 15.7. The van der Waals surface area contributed by atoms with E-state index in [1.165, 1.54) is 0 Å². The number of carbonyl (C=O) groups is 2. The first-order valence-corrected chi connectivity index (χ1v) is 9.00. The highest BCUT2D eigenvalue weighted by Gasteiger charge is 2.49. The molecule has 0 spiro atoms. The first-order chi connectivity index (χ1) is 11.2. The highest BCUT2D eigenvalue weighted by atomic mass is 35.5. The molecule has 0 heterocycles. The molecular formula is C19H27ClN2O2. The highest BCUT2D eigenvalue weighted by molar-refractivity contribution is 6.33. The minimum Gasteiger partial charge on any atom is -0.351 e. The van der Waals surface area contributed by atoms with E-state index in [0.717, 1.165) is 19.3 Å². The number of hydrogen-bond donors (Lipinski definition) is 1. The third-order valence-corrected chi connectivity index (χ3v) is 4.44. The lowest BCUT2D eigenvalue weighted by Gasteiger charge is -2.25. The van der Waals surface area contributed by atoms with Gasteiger partial charge in [0.15, 0.2) is 0 Å². The Morgan fingerprint density at radius 1 is 1.29 bits per heavy atom. The Kier molecular flexibility index (Phi) is 5.92.